The Kier molecular flexibility index (Phi) is 4.54. The predicted molar refractivity (Wildman–Crippen MR) is 73.6 cm³/mol. The lowest BCUT2D eigenvalue weighted by Crippen LogP contribution is -2.28. The monoisotopic (exact) mass is 264 g/mol. The van der Waals surface area contributed by atoms with E-state index in [4.69, 9.17) is 5.11 Å². The average molecular weight is 264 g/mol. The molecule has 0 atom stereocenters. The molecule has 0 aromatic carbocycles. The SMILES string of the molecule is CN(CC(=O)O)c1cc(N2CCCCCC2)ncn1. The first-order valence-electron chi connectivity index (χ1n) is 6.67. The Bertz CT molecular complexity index is 430. The average Bonchev–Trinajstić information content (AvgIpc) is 2.67. The van der Waals surface area contributed by atoms with Gasteiger partial charge in [-0.25, -0.2) is 9.97 Å². The first-order chi connectivity index (χ1) is 9.16. The van der Waals surface area contributed by atoms with Crippen molar-refractivity contribution in [3.05, 3.63) is 12.4 Å². The lowest BCUT2D eigenvalue weighted by atomic mass is 10.2. The minimum atomic E-state index is -0.863. The summed E-state index contributed by atoms with van der Waals surface area (Å²) >= 11 is 0. The number of hydrogen-bond donors (Lipinski definition) is 1. The number of aliphatic carboxylic acids is 1. The Balaban J connectivity index is 2.11. The number of aromatic nitrogens is 2. The van der Waals surface area contributed by atoms with Crippen LogP contribution in [-0.2, 0) is 4.79 Å². The van der Waals surface area contributed by atoms with Crippen molar-refractivity contribution in [1.29, 1.82) is 0 Å². The number of carboxylic acids is 1. The van der Waals surface area contributed by atoms with Gasteiger partial charge in [0.1, 0.15) is 24.5 Å². The molecule has 1 aromatic heterocycles. The highest BCUT2D eigenvalue weighted by molar-refractivity contribution is 5.73. The number of carboxylic acid groups (broad SMARTS) is 1. The molecular formula is C13H20N4O2. The highest BCUT2D eigenvalue weighted by Gasteiger charge is 2.13. The molecule has 1 aromatic rings. The van der Waals surface area contributed by atoms with Crippen molar-refractivity contribution in [2.45, 2.75) is 25.7 Å². The van der Waals surface area contributed by atoms with E-state index < -0.39 is 5.97 Å². The van der Waals surface area contributed by atoms with Crippen LogP contribution in [0.4, 0.5) is 11.6 Å². The van der Waals surface area contributed by atoms with Gasteiger partial charge >= 0.3 is 5.97 Å². The fourth-order valence-corrected chi connectivity index (χ4v) is 2.30. The summed E-state index contributed by atoms with van der Waals surface area (Å²) in [6.45, 7) is 1.97. The van der Waals surface area contributed by atoms with Crippen LogP contribution in [0.1, 0.15) is 25.7 Å². The number of likely N-dealkylation sites (N-methyl/N-ethyl adjacent to an activating group) is 1. The zero-order chi connectivity index (χ0) is 13.7. The normalized spacial score (nSPS) is 15.9. The van der Waals surface area contributed by atoms with Crippen molar-refractivity contribution in [1.82, 2.24) is 9.97 Å². The van der Waals surface area contributed by atoms with Gasteiger partial charge in [0.2, 0.25) is 0 Å². The molecule has 2 heterocycles. The maximum absolute atomic E-state index is 10.7. The van der Waals surface area contributed by atoms with Crippen molar-refractivity contribution < 1.29 is 9.90 Å². The van der Waals surface area contributed by atoms with E-state index in [1.165, 1.54) is 32.0 Å². The molecule has 0 unspecified atom stereocenters. The van der Waals surface area contributed by atoms with E-state index in [1.807, 2.05) is 6.07 Å². The Morgan fingerprint density at radius 1 is 1.32 bits per heavy atom. The third-order valence-corrected chi connectivity index (χ3v) is 3.33. The van der Waals surface area contributed by atoms with Gasteiger partial charge in [0.05, 0.1) is 0 Å². The van der Waals surface area contributed by atoms with E-state index in [0.29, 0.717) is 5.82 Å². The second kappa shape index (κ2) is 6.36. The zero-order valence-electron chi connectivity index (χ0n) is 11.2. The molecule has 0 radical (unpaired) electrons. The second-order valence-corrected chi connectivity index (χ2v) is 4.89. The molecule has 1 N–H and O–H groups in total. The van der Waals surface area contributed by atoms with Gasteiger partial charge < -0.3 is 14.9 Å². The maximum atomic E-state index is 10.7. The quantitative estimate of drug-likeness (QED) is 0.886. The Morgan fingerprint density at radius 2 is 2.00 bits per heavy atom. The van der Waals surface area contributed by atoms with Gasteiger partial charge in [-0.1, -0.05) is 12.8 Å². The molecule has 19 heavy (non-hydrogen) atoms. The van der Waals surface area contributed by atoms with Gasteiger partial charge in [0, 0.05) is 26.2 Å². The van der Waals surface area contributed by atoms with Crippen molar-refractivity contribution in [2.24, 2.45) is 0 Å². The van der Waals surface area contributed by atoms with E-state index in [0.717, 1.165) is 18.9 Å². The van der Waals surface area contributed by atoms with Gasteiger partial charge in [0.25, 0.3) is 0 Å². The first kappa shape index (κ1) is 13.6. The fraction of sp³-hybridized carbons (Fsp3) is 0.615. The molecule has 1 fully saturated rings. The van der Waals surface area contributed by atoms with Crippen LogP contribution in [-0.4, -0.2) is 47.7 Å². The van der Waals surface area contributed by atoms with Gasteiger partial charge in [0.15, 0.2) is 0 Å². The van der Waals surface area contributed by atoms with Gasteiger partial charge in [-0.2, -0.15) is 0 Å². The van der Waals surface area contributed by atoms with Crippen molar-refractivity contribution in [3.63, 3.8) is 0 Å². The van der Waals surface area contributed by atoms with Gasteiger partial charge in [-0.15, -0.1) is 0 Å². The summed E-state index contributed by atoms with van der Waals surface area (Å²) in [4.78, 5) is 23.0. The number of nitrogens with zero attached hydrogens (tertiary/aromatic N) is 4. The molecular weight excluding hydrogens is 244 g/mol. The molecule has 1 aliphatic heterocycles. The summed E-state index contributed by atoms with van der Waals surface area (Å²) in [5.41, 5.74) is 0. The largest absolute Gasteiger partial charge is 0.480 e. The lowest BCUT2D eigenvalue weighted by molar-refractivity contribution is -0.135. The third-order valence-electron chi connectivity index (χ3n) is 3.33. The van der Waals surface area contributed by atoms with Gasteiger partial charge in [-0.05, 0) is 12.8 Å². The van der Waals surface area contributed by atoms with Crippen molar-refractivity contribution in [2.75, 3.05) is 36.5 Å². The minimum absolute atomic E-state index is 0.0591. The number of carbonyl (C=O) groups is 1. The van der Waals surface area contributed by atoms with Gasteiger partial charge in [-0.3, -0.25) is 4.79 Å². The Labute approximate surface area is 113 Å². The molecule has 104 valence electrons. The first-order valence-corrected chi connectivity index (χ1v) is 6.67. The highest BCUT2D eigenvalue weighted by atomic mass is 16.4. The second-order valence-electron chi connectivity index (χ2n) is 4.89. The van der Waals surface area contributed by atoms with E-state index >= 15 is 0 Å². The summed E-state index contributed by atoms with van der Waals surface area (Å²) in [6.07, 6.45) is 6.42. The van der Waals surface area contributed by atoms with E-state index in [-0.39, 0.29) is 6.54 Å². The summed E-state index contributed by atoms with van der Waals surface area (Å²) in [7, 11) is 1.72. The molecule has 0 aliphatic carbocycles. The standard InChI is InChI=1S/C13H20N4O2/c1-16(9-13(18)19)11-8-12(15-10-14-11)17-6-4-2-3-5-7-17/h8,10H,2-7,9H2,1H3,(H,18,19). The van der Waals surface area contributed by atoms with Crippen LogP contribution in [0.2, 0.25) is 0 Å². The van der Waals surface area contributed by atoms with E-state index in [9.17, 15) is 4.79 Å². The molecule has 0 amide bonds. The summed E-state index contributed by atoms with van der Waals surface area (Å²) in [6, 6.07) is 1.87. The summed E-state index contributed by atoms with van der Waals surface area (Å²) < 4.78 is 0. The highest BCUT2D eigenvalue weighted by Crippen LogP contribution is 2.20. The molecule has 0 saturated carbocycles. The topological polar surface area (TPSA) is 69.6 Å². The molecule has 1 aliphatic rings. The predicted octanol–water partition coefficient (Wildman–Crippen LogP) is 1.38. The van der Waals surface area contributed by atoms with Crippen LogP contribution in [0, 0.1) is 0 Å². The minimum Gasteiger partial charge on any atom is -0.480 e. The smallest absolute Gasteiger partial charge is 0.323 e. The molecule has 1 saturated heterocycles. The third kappa shape index (κ3) is 3.81. The summed E-state index contributed by atoms with van der Waals surface area (Å²) in [5.74, 6) is 0.679. The van der Waals surface area contributed by atoms with E-state index in [2.05, 4.69) is 14.9 Å². The molecule has 6 nitrogen and oxygen atoms in total. The zero-order valence-corrected chi connectivity index (χ0v) is 11.2. The maximum Gasteiger partial charge on any atom is 0.323 e. The van der Waals surface area contributed by atoms with Crippen molar-refractivity contribution >= 4 is 17.6 Å². The van der Waals surface area contributed by atoms with Crippen LogP contribution in [0.25, 0.3) is 0 Å². The van der Waals surface area contributed by atoms with Crippen LogP contribution in [0.3, 0.4) is 0 Å². The number of rotatable bonds is 4. The molecule has 0 bridgehead atoms. The van der Waals surface area contributed by atoms with Crippen LogP contribution in [0.5, 0.6) is 0 Å². The van der Waals surface area contributed by atoms with Crippen molar-refractivity contribution in [3.8, 4) is 0 Å². The van der Waals surface area contributed by atoms with Crippen LogP contribution >= 0.6 is 0 Å². The number of hydrogen-bond acceptors (Lipinski definition) is 5. The Hall–Kier alpha value is -1.85. The van der Waals surface area contributed by atoms with Crippen LogP contribution in [0.15, 0.2) is 12.4 Å². The fourth-order valence-electron chi connectivity index (χ4n) is 2.30. The van der Waals surface area contributed by atoms with E-state index in [1.54, 1.807) is 11.9 Å². The lowest BCUT2D eigenvalue weighted by Gasteiger charge is -2.23. The van der Waals surface area contributed by atoms with Crippen LogP contribution < -0.4 is 9.80 Å². The Morgan fingerprint density at radius 3 is 2.63 bits per heavy atom. The number of anilines is 2. The molecule has 2 rings (SSSR count). The molecule has 0 spiro atoms. The summed E-state index contributed by atoms with van der Waals surface area (Å²) in [5, 5.41) is 8.80. The molecule has 6 heteroatoms.